The van der Waals surface area contributed by atoms with Gasteiger partial charge in [0.25, 0.3) is 0 Å². The minimum atomic E-state index is -0.829. The number of unbranched alkanes of at least 4 members (excludes halogenated alkanes) is 18. The van der Waals surface area contributed by atoms with Crippen molar-refractivity contribution in [3.8, 4) is 0 Å². The van der Waals surface area contributed by atoms with Crippen LogP contribution in [0.3, 0.4) is 0 Å². The van der Waals surface area contributed by atoms with Gasteiger partial charge in [-0.05, 0) is 12.8 Å². The van der Waals surface area contributed by atoms with Crippen molar-refractivity contribution in [2.75, 3.05) is 19.6 Å². The molecule has 0 bridgehead atoms. The quantitative estimate of drug-likeness (QED) is 0.111. The molecule has 0 aromatic rings. The summed E-state index contributed by atoms with van der Waals surface area (Å²) in [7, 11) is 0. The number of quaternary nitrogens is 1. The monoisotopic (exact) mass is 476 g/mol. The molecule has 0 saturated carbocycles. The minimum absolute atomic E-state index is 0.00390. The van der Waals surface area contributed by atoms with E-state index in [9.17, 15) is 9.90 Å². The molecule has 1 aliphatic rings. The Bertz CT molecular complexity index is 600. The van der Waals surface area contributed by atoms with E-state index >= 15 is 0 Å². The highest BCUT2D eigenvalue weighted by atomic mass is 16.4. The number of aliphatic imine (C=N–C) groups is 1. The lowest BCUT2D eigenvalue weighted by Crippen LogP contribution is -2.51. The Morgan fingerprint density at radius 3 is 1.76 bits per heavy atom. The normalized spacial score (nSPS) is 17.6. The molecule has 1 unspecified atom stereocenters. The summed E-state index contributed by atoms with van der Waals surface area (Å²) >= 11 is 0. The molecule has 0 amide bonds. The van der Waals surface area contributed by atoms with Gasteiger partial charge in [0.05, 0.1) is 6.20 Å². The first-order valence-electron chi connectivity index (χ1n) is 14.4. The lowest BCUT2D eigenvalue weighted by atomic mass is 10.0. The highest BCUT2D eigenvalue weighted by Gasteiger charge is 2.35. The van der Waals surface area contributed by atoms with E-state index in [0.717, 1.165) is 12.3 Å². The molecule has 1 aliphatic heterocycles. The summed E-state index contributed by atoms with van der Waals surface area (Å²) < 4.78 is 0.224. The number of nitrogens with zero attached hydrogens (tertiary/aromatic N) is 2. The van der Waals surface area contributed by atoms with Crippen molar-refractivity contribution in [3.63, 3.8) is 0 Å². The first kappa shape index (κ1) is 30.6. The highest BCUT2D eigenvalue weighted by molar-refractivity contribution is 5.90. The maximum atomic E-state index is 11.3. The largest absolute Gasteiger partial charge is 0.477 e. The van der Waals surface area contributed by atoms with Crippen LogP contribution >= 0.6 is 0 Å². The standard InChI is InChI=1S/C29H53N3O2/c1-2-3-4-5-6-7-8-9-10-11-12-13-14-15-16-17-18-19-20-21-22-28-31-24-26-32(28,25-23-30)27-29(33)34/h21-22,24,26H,2-20,23,25,27,30H2,1H3/p+1/b22-21+. The zero-order chi connectivity index (χ0) is 24.7. The number of carbonyl (C=O) groups is 1. The molecule has 0 saturated heterocycles. The summed E-state index contributed by atoms with van der Waals surface area (Å²) in [5.41, 5.74) is 5.72. The summed E-state index contributed by atoms with van der Waals surface area (Å²) in [4.78, 5) is 15.7. The van der Waals surface area contributed by atoms with E-state index in [1.807, 2.05) is 12.3 Å². The number of carboxylic acid groups (broad SMARTS) is 1. The van der Waals surface area contributed by atoms with Gasteiger partial charge in [-0.2, -0.15) is 4.99 Å². The second-order valence-electron chi connectivity index (χ2n) is 10.1. The summed E-state index contributed by atoms with van der Waals surface area (Å²) in [5, 5.41) is 9.25. The Morgan fingerprint density at radius 1 is 0.853 bits per heavy atom. The van der Waals surface area contributed by atoms with Gasteiger partial charge in [-0.15, -0.1) is 0 Å². The van der Waals surface area contributed by atoms with Crippen LogP contribution in [0.1, 0.15) is 129 Å². The van der Waals surface area contributed by atoms with Crippen molar-refractivity contribution in [1.82, 2.24) is 0 Å². The summed E-state index contributed by atoms with van der Waals surface area (Å²) in [6, 6.07) is 0. The molecule has 0 aromatic heterocycles. The topological polar surface area (TPSA) is 75.7 Å². The predicted octanol–water partition coefficient (Wildman–Crippen LogP) is 7.72. The van der Waals surface area contributed by atoms with Crippen molar-refractivity contribution in [2.45, 2.75) is 129 Å². The van der Waals surface area contributed by atoms with Crippen molar-refractivity contribution in [2.24, 2.45) is 10.7 Å². The molecule has 0 aromatic carbocycles. The van der Waals surface area contributed by atoms with Crippen LogP contribution in [-0.4, -0.2) is 41.0 Å². The van der Waals surface area contributed by atoms with Crippen LogP contribution in [-0.2, 0) is 4.79 Å². The molecular weight excluding hydrogens is 422 g/mol. The molecule has 0 radical (unpaired) electrons. The number of aliphatic carboxylic acids is 1. The van der Waals surface area contributed by atoms with Gasteiger partial charge in [-0.3, -0.25) is 0 Å². The van der Waals surface area contributed by atoms with E-state index in [4.69, 9.17) is 5.73 Å². The van der Waals surface area contributed by atoms with Crippen LogP contribution in [0.4, 0.5) is 0 Å². The first-order chi connectivity index (χ1) is 16.6. The lowest BCUT2D eigenvalue weighted by molar-refractivity contribution is -0.775. The van der Waals surface area contributed by atoms with Gasteiger partial charge in [0.2, 0.25) is 5.84 Å². The third-order valence-electron chi connectivity index (χ3n) is 6.95. The second kappa shape index (κ2) is 20.9. The lowest BCUT2D eigenvalue weighted by Gasteiger charge is -2.28. The highest BCUT2D eigenvalue weighted by Crippen LogP contribution is 2.18. The van der Waals surface area contributed by atoms with E-state index in [1.165, 1.54) is 116 Å². The van der Waals surface area contributed by atoms with Crippen molar-refractivity contribution < 1.29 is 14.4 Å². The van der Waals surface area contributed by atoms with Crippen molar-refractivity contribution in [3.05, 3.63) is 24.6 Å². The first-order valence-corrected chi connectivity index (χ1v) is 14.4. The molecule has 34 heavy (non-hydrogen) atoms. The van der Waals surface area contributed by atoms with E-state index < -0.39 is 5.97 Å². The Balaban J connectivity index is 1.92. The Morgan fingerprint density at radius 2 is 1.32 bits per heavy atom. The smallest absolute Gasteiger partial charge is 0.360 e. The molecule has 5 heteroatoms. The number of carboxylic acids is 1. The third-order valence-corrected chi connectivity index (χ3v) is 6.95. The number of rotatable bonds is 24. The maximum absolute atomic E-state index is 11.3. The summed E-state index contributed by atoms with van der Waals surface area (Å²) in [5.74, 6) is -0.0418. The Labute approximate surface area is 210 Å². The van der Waals surface area contributed by atoms with Gasteiger partial charge < -0.3 is 10.8 Å². The molecule has 0 spiro atoms. The van der Waals surface area contributed by atoms with Crippen molar-refractivity contribution in [1.29, 1.82) is 0 Å². The second-order valence-corrected chi connectivity index (χ2v) is 10.1. The number of hydrogen-bond acceptors (Lipinski definition) is 3. The van der Waals surface area contributed by atoms with E-state index in [0.29, 0.717) is 13.1 Å². The maximum Gasteiger partial charge on any atom is 0.360 e. The van der Waals surface area contributed by atoms with Crippen molar-refractivity contribution >= 4 is 11.8 Å². The Kier molecular flexibility index (Phi) is 18.8. The Hall–Kier alpha value is -1.46. The zero-order valence-electron chi connectivity index (χ0n) is 22.2. The van der Waals surface area contributed by atoms with Gasteiger partial charge in [0, 0.05) is 12.6 Å². The van der Waals surface area contributed by atoms with Crippen LogP contribution in [0.5, 0.6) is 0 Å². The molecule has 196 valence electrons. The predicted molar refractivity (Wildman–Crippen MR) is 146 cm³/mol. The van der Waals surface area contributed by atoms with Crippen LogP contribution in [0.2, 0.25) is 0 Å². The molecule has 5 nitrogen and oxygen atoms in total. The average molecular weight is 477 g/mol. The molecule has 0 aliphatic carbocycles. The fourth-order valence-electron chi connectivity index (χ4n) is 4.85. The number of amidine groups is 1. The number of allylic oxidation sites excluding steroid dienone is 1. The molecule has 1 atom stereocenters. The van der Waals surface area contributed by atoms with Gasteiger partial charge in [-0.1, -0.05) is 122 Å². The van der Waals surface area contributed by atoms with Crippen LogP contribution < -0.4 is 5.73 Å². The molecular formula is C29H54N3O2+. The molecule has 1 heterocycles. The van der Waals surface area contributed by atoms with Gasteiger partial charge in [0.15, 0.2) is 6.54 Å². The average Bonchev–Trinajstić information content (AvgIpc) is 3.19. The SMILES string of the molecule is CCCCCCCCCCCCCCCCCCCC/C=C/C1=NC=C[N+]1(CCN)CC(=O)O. The minimum Gasteiger partial charge on any atom is -0.477 e. The van der Waals surface area contributed by atoms with Gasteiger partial charge in [0.1, 0.15) is 12.7 Å². The number of hydrogen-bond donors (Lipinski definition) is 2. The van der Waals surface area contributed by atoms with Crippen LogP contribution in [0.25, 0.3) is 0 Å². The van der Waals surface area contributed by atoms with E-state index in [-0.39, 0.29) is 11.0 Å². The van der Waals surface area contributed by atoms with Gasteiger partial charge >= 0.3 is 5.97 Å². The van der Waals surface area contributed by atoms with Crippen LogP contribution in [0.15, 0.2) is 29.5 Å². The van der Waals surface area contributed by atoms with Gasteiger partial charge in [-0.25, -0.2) is 9.28 Å². The summed E-state index contributed by atoms with van der Waals surface area (Å²) in [6.07, 6.45) is 33.8. The van der Waals surface area contributed by atoms with E-state index in [1.54, 1.807) is 6.20 Å². The fourth-order valence-corrected chi connectivity index (χ4v) is 4.85. The molecule has 3 N–H and O–H groups in total. The molecule has 1 rings (SSSR count). The number of nitrogens with two attached hydrogens (primary N) is 1. The summed E-state index contributed by atoms with van der Waals surface area (Å²) in [6.45, 7) is 3.28. The molecule has 0 fully saturated rings. The third kappa shape index (κ3) is 14.7. The van der Waals surface area contributed by atoms with E-state index in [2.05, 4.69) is 18.0 Å². The fraction of sp³-hybridized carbons (Fsp3) is 0.793. The zero-order valence-corrected chi connectivity index (χ0v) is 22.2. The van der Waals surface area contributed by atoms with Crippen LogP contribution in [0, 0.1) is 0 Å².